The number of rotatable bonds is 4. The van der Waals surface area contributed by atoms with Gasteiger partial charge >= 0.3 is 5.97 Å². The zero-order chi connectivity index (χ0) is 7.98. The summed E-state index contributed by atoms with van der Waals surface area (Å²) in [6.07, 6.45) is 2.12. The third kappa shape index (κ3) is 3.07. The van der Waals surface area contributed by atoms with E-state index in [-0.39, 0.29) is 5.97 Å². The summed E-state index contributed by atoms with van der Waals surface area (Å²) in [5.74, 6) is -0.331. The van der Waals surface area contributed by atoms with E-state index in [0.29, 0.717) is 18.6 Å². The summed E-state index contributed by atoms with van der Waals surface area (Å²) < 4.78 is 4.67. The molecule has 0 aromatic carbocycles. The van der Waals surface area contributed by atoms with Crippen LogP contribution in [-0.4, -0.2) is 12.6 Å². The van der Waals surface area contributed by atoms with Gasteiger partial charge in [-0.25, -0.2) is 4.79 Å². The van der Waals surface area contributed by atoms with Crippen LogP contribution in [0.2, 0.25) is 0 Å². The van der Waals surface area contributed by atoms with E-state index in [1.54, 1.807) is 13.0 Å². The highest BCUT2D eigenvalue weighted by Gasteiger charge is 2.03. The Morgan fingerprint density at radius 1 is 1.70 bits per heavy atom. The molecule has 0 bridgehead atoms. The number of carbonyl (C=O) groups is 1. The van der Waals surface area contributed by atoms with E-state index in [9.17, 15) is 4.79 Å². The van der Waals surface area contributed by atoms with Crippen LogP contribution in [0.25, 0.3) is 0 Å². The Balaban J connectivity index is 3.70. The van der Waals surface area contributed by atoms with Gasteiger partial charge in [0.25, 0.3) is 0 Å². The van der Waals surface area contributed by atoms with Gasteiger partial charge in [-0.2, -0.15) is 0 Å². The SMILES string of the molecule is C=CCC(=C)C(=O)OCC. The third-order valence-electron chi connectivity index (χ3n) is 0.955. The van der Waals surface area contributed by atoms with Crippen LogP contribution in [0.1, 0.15) is 13.3 Å². The molecule has 2 heteroatoms. The number of allylic oxidation sites excluding steroid dienone is 1. The van der Waals surface area contributed by atoms with E-state index < -0.39 is 0 Å². The second-order valence-corrected chi connectivity index (χ2v) is 1.82. The Labute approximate surface area is 61.2 Å². The predicted molar refractivity (Wildman–Crippen MR) is 40.6 cm³/mol. The molecule has 0 heterocycles. The maximum atomic E-state index is 10.8. The first kappa shape index (κ1) is 8.95. The molecule has 0 saturated carbocycles. The van der Waals surface area contributed by atoms with Crippen LogP contribution in [0.3, 0.4) is 0 Å². The topological polar surface area (TPSA) is 26.3 Å². The summed E-state index contributed by atoms with van der Waals surface area (Å²) in [4.78, 5) is 10.8. The summed E-state index contributed by atoms with van der Waals surface area (Å²) >= 11 is 0. The maximum Gasteiger partial charge on any atom is 0.333 e. The van der Waals surface area contributed by atoms with Gasteiger partial charge in [-0.05, 0) is 13.3 Å². The van der Waals surface area contributed by atoms with Crippen LogP contribution in [0.5, 0.6) is 0 Å². The molecule has 0 aliphatic carbocycles. The number of hydrogen-bond acceptors (Lipinski definition) is 2. The van der Waals surface area contributed by atoms with Crippen molar-refractivity contribution in [3.63, 3.8) is 0 Å². The maximum absolute atomic E-state index is 10.8. The summed E-state index contributed by atoms with van der Waals surface area (Å²) in [6.45, 7) is 9.15. The minimum absolute atomic E-state index is 0.331. The van der Waals surface area contributed by atoms with Crippen molar-refractivity contribution in [1.82, 2.24) is 0 Å². The van der Waals surface area contributed by atoms with Crippen molar-refractivity contribution in [1.29, 1.82) is 0 Å². The Kier molecular flexibility index (Phi) is 4.29. The van der Waals surface area contributed by atoms with E-state index in [1.807, 2.05) is 0 Å². The lowest BCUT2D eigenvalue weighted by atomic mass is 10.2. The van der Waals surface area contributed by atoms with E-state index in [4.69, 9.17) is 0 Å². The molecule has 0 aliphatic heterocycles. The fraction of sp³-hybridized carbons (Fsp3) is 0.375. The number of carbonyl (C=O) groups excluding carboxylic acids is 1. The number of ether oxygens (including phenoxy) is 1. The van der Waals surface area contributed by atoms with Crippen molar-refractivity contribution < 1.29 is 9.53 Å². The molecule has 10 heavy (non-hydrogen) atoms. The van der Waals surface area contributed by atoms with Crippen molar-refractivity contribution in [3.05, 3.63) is 24.8 Å². The van der Waals surface area contributed by atoms with Crippen LogP contribution < -0.4 is 0 Å². The molecule has 2 nitrogen and oxygen atoms in total. The van der Waals surface area contributed by atoms with Crippen molar-refractivity contribution in [3.8, 4) is 0 Å². The Hall–Kier alpha value is -1.05. The van der Waals surface area contributed by atoms with E-state index in [0.717, 1.165) is 0 Å². The number of esters is 1. The van der Waals surface area contributed by atoms with Crippen molar-refractivity contribution in [2.45, 2.75) is 13.3 Å². The minimum Gasteiger partial charge on any atom is -0.463 e. The van der Waals surface area contributed by atoms with E-state index >= 15 is 0 Å². The van der Waals surface area contributed by atoms with Crippen LogP contribution in [0, 0.1) is 0 Å². The van der Waals surface area contributed by atoms with Gasteiger partial charge < -0.3 is 4.74 Å². The highest BCUT2D eigenvalue weighted by Crippen LogP contribution is 2.00. The smallest absolute Gasteiger partial charge is 0.333 e. The zero-order valence-electron chi connectivity index (χ0n) is 6.22. The summed E-state index contributed by atoms with van der Waals surface area (Å²) in [7, 11) is 0. The van der Waals surface area contributed by atoms with Gasteiger partial charge in [-0.15, -0.1) is 6.58 Å². The van der Waals surface area contributed by atoms with E-state index in [2.05, 4.69) is 17.9 Å². The van der Waals surface area contributed by atoms with E-state index in [1.165, 1.54) is 0 Å². The highest BCUT2D eigenvalue weighted by molar-refractivity contribution is 5.87. The average molecular weight is 140 g/mol. The molecule has 0 aromatic rings. The monoisotopic (exact) mass is 140 g/mol. The molecule has 0 radical (unpaired) electrons. The molecule has 0 saturated heterocycles. The molecule has 0 fully saturated rings. The molecule has 0 unspecified atom stereocenters. The highest BCUT2D eigenvalue weighted by atomic mass is 16.5. The first-order valence-electron chi connectivity index (χ1n) is 3.18. The lowest BCUT2D eigenvalue weighted by Crippen LogP contribution is -2.05. The zero-order valence-corrected chi connectivity index (χ0v) is 6.22. The minimum atomic E-state index is -0.331. The van der Waals surface area contributed by atoms with Gasteiger partial charge in [0.05, 0.1) is 6.61 Å². The molecule has 0 atom stereocenters. The first-order valence-corrected chi connectivity index (χ1v) is 3.18. The van der Waals surface area contributed by atoms with Crippen molar-refractivity contribution in [2.24, 2.45) is 0 Å². The quantitative estimate of drug-likeness (QED) is 0.337. The Morgan fingerprint density at radius 3 is 2.70 bits per heavy atom. The van der Waals surface area contributed by atoms with Gasteiger partial charge in [0.15, 0.2) is 0 Å². The second-order valence-electron chi connectivity index (χ2n) is 1.82. The van der Waals surface area contributed by atoms with Crippen LogP contribution in [-0.2, 0) is 9.53 Å². The van der Waals surface area contributed by atoms with Gasteiger partial charge in [0.2, 0.25) is 0 Å². The van der Waals surface area contributed by atoms with Crippen molar-refractivity contribution in [2.75, 3.05) is 6.61 Å². The molecule has 56 valence electrons. The Morgan fingerprint density at radius 2 is 2.30 bits per heavy atom. The molecule has 0 amide bonds. The average Bonchev–Trinajstić information content (AvgIpc) is 1.89. The molecule has 0 aliphatic rings. The Bertz CT molecular complexity index is 147. The van der Waals surface area contributed by atoms with Gasteiger partial charge in [-0.3, -0.25) is 0 Å². The fourth-order valence-electron chi connectivity index (χ4n) is 0.491. The molecule has 0 N–H and O–H groups in total. The normalized spacial score (nSPS) is 8.50. The fourth-order valence-corrected chi connectivity index (χ4v) is 0.491. The summed E-state index contributed by atoms with van der Waals surface area (Å²) in [6, 6.07) is 0. The summed E-state index contributed by atoms with van der Waals surface area (Å²) in [5, 5.41) is 0. The lowest BCUT2D eigenvalue weighted by Gasteiger charge is -2.00. The lowest BCUT2D eigenvalue weighted by molar-refractivity contribution is -0.138. The van der Waals surface area contributed by atoms with Crippen LogP contribution >= 0.6 is 0 Å². The largest absolute Gasteiger partial charge is 0.463 e. The van der Waals surface area contributed by atoms with Gasteiger partial charge in [0, 0.05) is 5.57 Å². The predicted octanol–water partition coefficient (Wildman–Crippen LogP) is 1.68. The van der Waals surface area contributed by atoms with Gasteiger partial charge in [-0.1, -0.05) is 12.7 Å². The standard InChI is InChI=1S/C8H12O2/c1-4-6-7(3)8(9)10-5-2/h4H,1,3,5-6H2,2H3. The van der Waals surface area contributed by atoms with Crippen LogP contribution in [0.15, 0.2) is 24.8 Å². The third-order valence-corrected chi connectivity index (χ3v) is 0.955. The van der Waals surface area contributed by atoms with Crippen molar-refractivity contribution >= 4 is 5.97 Å². The molecular weight excluding hydrogens is 128 g/mol. The van der Waals surface area contributed by atoms with Gasteiger partial charge in [0.1, 0.15) is 0 Å². The van der Waals surface area contributed by atoms with Crippen LogP contribution in [0.4, 0.5) is 0 Å². The molecular formula is C8H12O2. The second kappa shape index (κ2) is 4.79. The molecule has 0 rings (SSSR count). The summed E-state index contributed by atoms with van der Waals surface area (Å²) in [5.41, 5.74) is 0.455. The first-order chi connectivity index (χ1) is 4.72. The molecule has 0 spiro atoms. The molecule has 0 aromatic heterocycles. The number of hydrogen-bond donors (Lipinski definition) is 0.